The van der Waals surface area contributed by atoms with Gasteiger partial charge in [-0.1, -0.05) is 0 Å². The topological polar surface area (TPSA) is 102 Å². The highest BCUT2D eigenvalue weighted by Crippen LogP contribution is 2.26. The van der Waals surface area contributed by atoms with Crippen LogP contribution in [0, 0.1) is 0 Å². The summed E-state index contributed by atoms with van der Waals surface area (Å²) in [5, 5.41) is 12.9. The van der Waals surface area contributed by atoms with Crippen molar-refractivity contribution in [1.29, 1.82) is 0 Å². The van der Waals surface area contributed by atoms with E-state index in [1.54, 1.807) is 0 Å². The van der Waals surface area contributed by atoms with Gasteiger partial charge in [-0.15, -0.1) is 0 Å². The Labute approximate surface area is 146 Å². The molecule has 2 aromatic rings. The van der Waals surface area contributed by atoms with Crippen molar-refractivity contribution < 1.29 is 9.84 Å². The fourth-order valence-electron chi connectivity index (χ4n) is 3.55. The molecule has 2 saturated heterocycles. The molecule has 4 rings (SSSR count). The van der Waals surface area contributed by atoms with Crippen molar-refractivity contribution in [1.82, 2.24) is 24.8 Å². The van der Waals surface area contributed by atoms with Gasteiger partial charge in [0, 0.05) is 32.7 Å². The zero-order valence-corrected chi connectivity index (χ0v) is 14.3. The van der Waals surface area contributed by atoms with Gasteiger partial charge in [-0.05, 0) is 12.8 Å². The summed E-state index contributed by atoms with van der Waals surface area (Å²) in [4.78, 5) is 21.1. The van der Waals surface area contributed by atoms with Crippen LogP contribution in [-0.2, 0) is 4.74 Å². The number of rotatable bonds is 6. The Hall–Kier alpha value is -1.97. The number of aliphatic hydroxyl groups excluding tert-OH is 1. The molecule has 2 aromatic heterocycles. The summed E-state index contributed by atoms with van der Waals surface area (Å²) < 4.78 is 5.37. The smallest absolute Gasteiger partial charge is 0.205 e. The molecule has 4 heterocycles. The van der Waals surface area contributed by atoms with Gasteiger partial charge in [0.05, 0.1) is 25.9 Å². The van der Waals surface area contributed by atoms with Crippen molar-refractivity contribution >= 4 is 22.9 Å². The minimum absolute atomic E-state index is 0.131. The maximum atomic E-state index is 9.53. The molecule has 136 valence electrons. The minimum atomic E-state index is 0.131. The molecular formula is C16H25N7O2. The predicted octanol–water partition coefficient (Wildman–Crippen LogP) is 0.0581. The highest BCUT2D eigenvalue weighted by Gasteiger charge is 2.26. The van der Waals surface area contributed by atoms with E-state index in [-0.39, 0.29) is 12.6 Å². The van der Waals surface area contributed by atoms with Gasteiger partial charge < -0.3 is 25.0 Å². The first-order valence-corrected chi connectivity index (χ1v) is 8.97. The molecule has 3 N–H and O–H groups in total. The Morgan fingerprint density at radius 1 is 1.28 bits per heavy atom. The Kier molecular flexibility index (Phi) is 4.95. The van der Waals surface area contributed by atoms with Crippen molar-refractivity contribution in [2.24, 2.45) is 0 Å². The fraction of sp³-hybridized carbons (Fsp3) is 0.688. The van der Waals surface area contributed by atoms with E-state index in [1.807, 2.05) is 0 Å². The molecule has 0 bridgehead atoms. The molecule has 0 spiro atoms. The maximum Gasteiger partial charge on any atom is 0.205 e. The predicted molar refractivity (Wildman–Crippen MR) is 94.9 cm³/mol. The van der Waals surface area contributed by atoms with Crippen LogP contribution < -0.4 is 10.2 Å². The lowest BCUT2D eigenvalue weighted by Crippen LogP contribution is -2.39. The zero-order valence-electron chi connectivity index (χ0n) is 14.3. The first-order chi connectivity index (χ1) is 12.3. The first kappa shape index (κ1) is 16.5. The quantitative estimate of drug-likeness (QED) is 0.674. The molecule has 0 aromatic carbocycles. The number of aromatic amines is 1. The number of hydrogen-bond donors (Lipinski definition) is 3. The molecule has 2 fully saturated rings. The lowest BCUT2D eigenvalue weighted by molar-refractivity contribution is 0.0398. The van der Waals surface area contributed by atoms with E-state index in [0.29, 0.717) is 5.65 Å². The third-order valence-electron chi connectivity index (χ3n) is 4.96. The van der Waals surface area contributed by atoms with Crippen molar-refractivity contribution in [3.05, 3.63) is 6.33 Å². The largest absolute Gasteiger partial charge is 0.394 e. The van der Waals surface area contributed by atoms with Crippen LogP contribution in [0.3, 0.4) is 0 Å². The molecule has 1 atom stereocenters. The van der Waals surface area contributed by atoms with E-state index in [4.69, 9.17) is 4.74 Å². The lowest BCUT2D eigenvalue weighted by Gasteiger charge is -2.26. The summed E-state index contributed by atoms with van der Waals surface area (Å²) >= 11 is 0. The number of nitrogens with one attached hydrogen (secondary N) is 2. The number of fused-ring (bicyclic) bond motifs is 1. The summed E-state index contributed by atoms with van der Waals surface area (Å²) in [5.41, 5.74) is 1.48. The monoisotopic (exact) mass is 347 g/mol. The number of nitrogens with zero attached hydrogens (tertiary/aromatic N) is 5. The molecule has 0 amide bonds. The molecule has 9 nitrogen and oxygen atoms in total. The second kappa shape index (κ2) is 7.51. The average Bonchev–Trinajstić information content (AvgIpc) is 3.29. The number of imidazole rings is 1. The molecule has 25 heavy (non-hydrogen) atoms. The van der Waals surface area contributed by atoms with E-state index in [9.17, 15) is 5.11 Å². The molecule has 2 aliphatic rings. The molecule has 9 heteroatoms. The Balaban J connectivity index is 1.46. The second-order valence-corrected chi connectivity index (χ2v) is 6.53. The number of anilines is 2. The second-order valence-electron chi connectivity index (χ2n) is 6.53. The third-order valence-corrected chi connectivity index (χ3v) is 4.96. The van der Waals surface area contributed by atoms with Crippen LogP contribution in [0.5, 0.6) is 0 Å². The van der Waals surface area contributed by atoms with Gasteiger partial charge in [-0.2, -0.15) is 4.98 Å². The molecule has 1 unspecified atom stereocenters. The number of morpholine rings is 1. The van der Waals surface area contributed by atoms with Gasteiger partial charge in [0.15, 0.2) is 11.5 Å². The van der Waals surface area contributed by atoms with Crippen LogP contribution in [-0.4, -0.2) is 88.5 Å². The van der Waals surface area contributed by atoms with Gasteiger partial charge in [-0.25, -0.2) is 9.97 Å². The maximum absolute atomic E-state index is 9.53. The van der Waals surface area contributed by atoms with Gasteiger partial charge in [-0.3, -0.25) is 4.90 Å². The van der Waals surface area contributed by atoms with E-state index >= 15 is 0 Å². The Morgan fingerprint density at radius 3 is 3.00 bits per heavy atom. The number of aromatic nitrogens is 4. The van der Waals surface area contributed by atoms with Gasteiger partial charge in [0.1, 0.15) is 11.8 Å². The minimum Gasteiger partial charge on any atom is -0.394 e. The SMILES string of the molecule is OCC1CCCN1c1nc2ncnc(NCCN3CCOCC3)c2[nH]1. The van der Waals surface area contributed by atoms with Gasteiger partial charge >= 0.3 is 0 Å². The zero-order chi connectivity index (χ0) is 17.1. The fourth-order valence-corrected chi connectivity index (χ4v) is 3.55. The number of aliphatic hydroxyl groups is 1. The van der Waals surface area contributed by atoms with Crippen molar-refractivity contribution in [2.75, 3.05) is 62.8 Å². The van der Waals surface area contributed by atoms with Crippen molar-refractivity contribution in [2.45, 2.75) is 18.9 Å². The molecule has 0 radical (unpaired) electrons. The summed E-state index contributed by atoms with van der Waals surface area (Å²) in [6.45, 7) is 6.38. The molecule has 0 aliphatic carbocycles. The van der Waals surface area contributed by atoms with Crippen LogP contribution in [0.15, 0.2) is 6.33 Å². The lowest BCUT2D eigenvalue weighted by atomic mass is 10.2. The summed E-state index contributed by atoms with van der Waals surface area (Å²) in [5.74, 6) is 1.54. The van der Waals surface area contributed by atoms with Crippen LogP contribution in [0.4, 0.5) is 11.8 Å². The summed E-state index contributed by atoms with van der Waals surface area (Å²) in [6, 6.07) is 0.131. The standard InChI is InChI=1S/C16H25N7O2/c24-10-12-2-1-4-23(12)16-20-13-14(18-11-19-15(13)21-16)17-3-5-22-6-8-25-9-7-22/h11-12,24H,1-10H2,(H2,17,18,19,20,21). The summed E-state index contributed by atoms with van der Waals surface area (Å²) in [6.07, 6.45) is 3.60. The van der Waals surface area contributed by atoms with Gasteiger partial charge in [0.2, 0.25) is 5.95 Å². The van der Waals surface area contributed by atoms with E-state index in [0.717, 1.165) is 76.1 Å². The van der Waals surface area contributed by atoms with E-state index < -0.39 is 0 Å². The highest BCUT2D eigenvalue weighted by atomic mass is 16.5. The number of ether oxygens (including phenoxy) is 1. The van der Waals surface area contributed by atoms with Gasteiger partial charge in [0.25, 0.3) is 0 Å². The Bertz CT molecular complexity index is 701. The highest BCUT2D eigenvalue weighted by molar-refractivity contribution is 5.84. The number of H-pyrrole nitrogens is 1. The van der Waals surface area contributed by atoms with Crippen LogP contribution >= 0.6 is 0 Å². The van der Waals surface area contributed by atoms with Crippen molar-refractivity contribution in [3.8, 4) is 0 Å². The number of hydrogen-bond acceptors (Lipinski definition) is 8. The molecular weight excluding hydrogens is 322 g/mol. The van der Waals surface area contributed by atoms with Crippen LogP contribution in [0.1, 0.15) is 12.8 Å². The van der Waals surface area contributed by atoms with Crippen molar-refractivity contribution in [3.63, 3.8) is 0 Å². The average molecular weight is 347 g/mol. The van der Waals surface area contributed by atoms with E-state index in [1.165, 1.54) is 6.33 Å². The molecule has 2 aliphatic heterocycles. The Morgan fingerprint density at radius 2 is 2.16 bits per heavy atom. The summed E-state index contributed by atoms with van der Waals surface area (Å²) in [7, 11) is 0. The first-order valence-electron chi connectivity index (χ1n) is 8.97. The van der Waals surface area contributed by atoms with Crippen LogP contribution in [0.2, 0.25) is 0 Å². The molecule has 0 saturated carbocycles. The van der Waals surface area contributed by atoms with E-state index in [2.05, 4.69) is 35.1 Å². The normalized spacial score (nSPS) is 22.0. The third kappa shape index (κ3) is 3.53. The van der Waals surface area contributed by atoms with Crippen LogP contribution in [0.25, 0.3) is 11.2 Å².